The summed E-state index contributed by atoms with van der Waals surface area (Å²) in [5.41, 5.74) is 1.53. The van der Waals surface area contributed by atoms with Gasteiger partial charge in [0.25, 0.3) is 5.91 Å². The maximum Gasteiger partial charge on any atom is 0.253 e. The molecule has 2 aliphatic heterocycles. The van der Waals surface area contributed by atoms with E-state index in [0.717, 1.165) is 28.1 Å². The Bertz CT molecular complexity index is 1560. The van der Waals surface area contributed by atoms with E-state index in [1.165, 1.54) is 24.3 Å². The summed E-state index contributed by atoms with van der Waals surface area (Å²) in [6.45, 7) is 1.14. The first-order valence-electron chi connectivity index (χ1n) is 11.1. The van der Waals surface area contributed by atoms with Crippen LogP contribution in [0.1, 0.15) is 50.0 Å². The number of thiazole rings is 1. The molecular weight excluding hydrogens is 468 g/mol. The van der Waals surface area contributed by atoms with Crippen LogP contribution in [-0.2, 0) is 9.84 Å². The molecule has 1 unspecified atom stereocenters. The second-order valence-corrected chi connectivity index (χ2v) is 11.6. The number of rotatable bonds is 2. The summed E-state index contributed by atoms with van der Waals surface area (Å²) in [6.07, 6.45) is 1.80. The first kappa shape index (κ1) is 21.2. The highest BCUT2D eigenvalue weighted by Gasteiger charge is 2.36. The van der Waals surface area contributed by atoms with Gasteiger partial charge in [-0.1, -0.05) is 24.3 Å². The van der Waals surface area contributed by atoms with Gasteiger partial charge in [-0.25, -0.2) is 13.4 Å². The van der Waals surface area contributed by atoms with Crippen LogP contribution in [0.25, 0.3) is 10.2 Å². The Kier molecular flexibility index (Phi) is 4.89. The third kappa shape index (κ3) is 3.28. The lowest BCUT2D eigenvalue weighted by molar-refractivity contribution is 0.0706. The molecule has 1 saturated heterocycles. The third-order valence-electron chi connectivity index (χ3n) is 6.55. The Labute approximate surface area is 200 Å². The molecule has 34 heavy (non-hydrogen) atoms. The lowest BCUT2D eigenvalue weighted by atomic mass is 9.97. The Balaban J connectivity index is 1.31. The second-order valence-electron chi connectivity index (χ2n) is 8.65. The fourth-order valence-corrected chi connectivity index (χ4v) is 7.60. The number of likely N-dealkylation sites (tertiary alicyclic amines) is 1. The fraction of sp³-hybridized carbons (Fsp3) is 0.192. The van der Waals surface area contributed by atoms with Gasteiger partial charge in [0.15, 0.2) is 5.78 Å². The minimum atomic E-state index is -3.89. The normalized spacial score (nSPS) is 19.0. The van der Waals surface area contributed by atoms with E-state index >= 15 is 0 Å². The Morgan fingerprint density at radius 2 is 1.74 bits per heavy atom. The zero-order valence-electron chi connectivity index (χ0n) is 18.1. The molecule has 1 fully saturated rings. The van der Waals surface area contributed by atoms with Gasteiger partial charge in [-0.15, -0.1) is 11.3 Å². The number of para-hydroxylation sites is 1. The standard InChI is InChI=1S/C26H20N2O4S2/c29-24-18-7-1-4-10-22(18)34(31,32)23-14-16(11-12-19(23)24)26(30)28-13-5-6-17(15-28)25-27-20-8-2-3-9-21(20)33-25/h1-4,7-12,14,17H,5-6,13,15H2. The summed E-state index contributed by atoms with van der Waals surface area (Å²) < 4.78 is 27.6. The van der Waals surface area contributed by atoms with E-state index in [1.807, 2.05) is 18.2 Å². The topological polar surface area (TPSA) is 84.4 Å². The third-order valence-corrected chi connectivity index (χ3v) is 9.60. The lowest BCUT2D eigenvalue weighted by Crippen LogP contribution is -2.39. The number of piperidine rings is 1. The van der Waals surface area contributed by atoms with E-state index < -0.39 is 9.84 Å². The van der Waals surface area contributed by atoms with Crippen molar-refractivity contribution >= 4 is 43.1 Å². The number of hydrogen-bond acceptors (Lipinski definition) is 6. The van der Waals surface area contributed by atoms with Crippen molar-refractivity contribution in [3.8, 4) is 0 Å². The van der Waals surface area contributed by atoms with Gasteiger partial charge in [0.05, 0.1) is 25.0 Å². The highest BCUT2D eigenvalue weighted by molar-refractivity contribution is 7.91. The van der Waals surface area contributed by atoms with E-state index in [0.29, 0.717) is 13.1 Å². The summed E-state index contributed by atoms with van der Waals surface area (Å²) in [7, 11) is -3.89. The van der Waals surface area contributed by atoms with Gasteiger partial charge < -0.3 is 4.90 Å². The van der Waals surface area contributed by atoms with E-state index in [9.17, 15) is 18.0 Å². The zero-order chi connectivity index (χ0) is 23.4. The number of carbonyl (C=O) groups excluding carboxylic acids is 2. The number of carbonyl (C=O) groups is 2. The first-order chi connectivity index (χ1) is 16.4. The second kappa shape index (κ2) is 7.85. The van der Waals surface area contributed by atoms with Gasteiger partial charge in [-0.3, -0.25) is 9.59 Å². The van der Waals surface area contributed by atoms with E-state index in [-0.39, 0.29) is 44.1 Å². The van der Waals surface area contributed by atoms with Crippen LogP contribution in [0.15, 0.2) is 76.5 Å². The van der Waals surface area contributed by atoms with Gasteiger partial charge in [0, 0.05) is 35.7 Å². The smallest absolute Gasteiger partial charge is 0.253 e. The summed E-state index contributed by atoms with van der Waals surface area (Å²) >= 11 is 1.66. The van der Waals surface area contributed by atoms with Crippen molar-refractivity contribution in [3.63, 3.8) is 0 Å². The molecule has 4 aromatic rings. The molecule has 170 valence electrons. The molecule has 3 aromatic carbocycles. The van der Waals surface area contributed by atoms with Crippen molar-refractivity contribution < 1.29 is 18.0 Å². The summed E-state index contributed by atoms with van der Waals surface area (Å²) in [6, 6.07) is 18.6. The fourth-order valence-electron chi connectivity index (χ4n) is 4.83. The molecule has 0 bridgehead atoms. The maximum atomic E-state index is 13.4. The Morgan fingerprint density at radius 3 is 2.59 bits per heavy atom. The zero-order valence-corrected chi connectivity index (χ0v) is 19.7. The summed E-state index contributed by atoms with van der Waals surface area (Å²) in [5, 5.41) is 1.02. The Hall–Kier alpha value is -3.36. The number of fused-ring (bicyclic) bond motifs is 3. The maximum absolute atomic E-state index is 13.4. The average Bonchev–Trinajstić information content (AvgIpc) is 3.31. The van der Waals surface area contributed by atoms with Crippen LogP contribution in [0.3, 0.4) is 0 Å². The molecule has 3 heterocycles. The largest absolute Gasteiger partial charge is 0.338 e. The molecule has 0 radical (unpaired) electrons. The highest BCUT2D eigenvalue weighted by Crippen LogP contribution is 2.36. The van der Waals surface area contributed by atoms with Crippen molar-refractivity contribution in [3.05, 3.63) is 88.4 Å². The van der Waals surface area contributed by atoms with Gasteiger partial charge in [0.2, 0.25) is 9.84 Å². The molecule has 1 amide bonds. The molecule has 2 aliphatic rings. The van der Waals surface area contributed by atoms with Gasteiger partial charge >= 0.3 is 0 Å². The van der Waals surface area contributed by atoms with E-state index in [2.05, 4.69) is 6.07 Å². The molecule has 1 aromatic heterocycles. The van der Waals surface area contributed by atoms with Crippen molar-refractivity contribution in [2.45, 2.75) is 28.6 Å². The number of ketones is 1. The minimum absolute atomic E-state index is 0.00836. The lowest BCUT2D eigenvalue weighted by Gasteiger charge is -2.32. The number of benzene rings is 3. The molecule has 0 saturated carbocycles. The van der Waals surface area contributed by atoms with Gasteiger partial charge in [0.1, 0.15) is 0 Å². The van der Waals surface area contributed by atoms with Crippen LogP contribution >= 0.6 is 11.3 Å². The van der Waals surface area contributed by atoms with Gasteiger partial charge in [-0.2, -0.15) is 0 Å². The van der Waals surface area contributed by atoms with Crippen LogP contribution in [-0.4, -0.2) is 43.1 Å². The van der Waals surface area contributed by atoms with Gasteiger partial charge in [-0.05, 0) is 55.3 Å². The van der Waals surface area contributed by atoms with Crippen molar-refractivity contribution in [2.75, 3.05) is 13.1 Å². The molecule has 1 atom stereocenters. The number of nitrogens with zero attached hydrogens (tertiary/aromatic N) is 2. The van der Waals surface area contributed by atoms with Crippen LogP contribution in [0, 0.1) is 0 Å². The van der Waals surface area contributed by atoms with Crippen molar-refractivity contribution in [1.82, 2.24) is 9.88 Å². The van der Waals surface area contributed by atoms with Crippen LogP contribution in [0.4, 0.5) is 0 Å². The van der Waals surface area contributed by atoms with Crippen molar-refractivity contribution in [1.29, 1.82) is 0 Å². The predicted molar refractivity (Wildman–Crippen MR) is 129 cm³/mol. The molecular formula is C26H20N2O4S2. The minimum Gasteiger partial charge on any atom is -0.338 e. The molecule has 6 rings (SSSR count). The quantitative estimate of drug-likeness (QED) is 0.360. The van der Waals surface area contributed by atoms with Crippen molar-refractivity contribution in [2.24, 2.45) is 0 Å². The summed E-state index contributed by atoms with van der Waals surface area (Å²) in [5.74, 6) is -0.423. The molecule has 0 N–H and O–H groups in total. The average molecular weight is 489 g/mol. The molecule has 6 nitrogen and oxygen atoms in total. The van der Waals surface area contributed by atoms with Crippen LogP contribution in [0.5, 0.6) is 0 Å². The molecule has 0 aliphatic carbocycles. The highest BCUT2D eigenvalue weighted by atomic mass is 32.2. The number of amides is 1. The van der Waals surface area contributed by atoms with E-state index in [1.54, 1.807) is 34.4 Å². The SMILES string of the molecule is O=C1c2ccccc2S(=O)(=O)c2cc(C(=O)N3CCCC(c4nc5ccccc5s4)C3)ccc21. The summed E-state index contributed by atoms with van der Waals surface area (Å²) in [4.78, 5) is 32.7. The van der Waals surface area contributed by atoms with Crippen LogP contribution < -0.4 is 0 Å². The van der Waals surface area contributed by atoms with Crippen LogP contribution in [0.2, 0.25) is 0 Å². The predicted octanol–water partition coefficient (Wildman–Crippen LogP) is 4.69. The number of hydrogen-bond donors (Lipinski definition) is 0. The monoisotopic (exact) mass is 488 g/mol. The first-order valence-corrected chi connectivity index (χ1v) is 13.4. The number of aromatic nitrogens is 1. The number of sulfone groups is 1. The molecule has 0 spiro atoms. The Morgan fingerprint density at radius 1 is 0.971 bits per heavy atom. The van der Waals surface area contributed by atoms with E-state index in [4.69, 9.17) is 4.98 Å². The molecule has 8 heteroatoms.